The SMILES string of the molecule is Clc1cnc2ccn(C3CCNCC3)c2n1. The summed E-state index contributed by atoms with van der Waals surface area (Å²) in [6, 6.07) is 2.52. The summed E-state index contributed by atoms with van der Waals surface area (Å²) in [6.07, 6.45) is 5.93. The van der Waals surface area contributed by atoms with Gasteiger partial charge < -0.3 is 9.88 Å². The first-order valence-electron chi connectivity index (χ1n) is 5.54. The Labute approximate surface area is 98.6 Å². The number of nitrogens with one attached hydrogen (secondary N) is 1. The van der Waals surface area contributed by atoms with Gasteiger partial charge in [-0.25, -0.2) is 9.97 Å². The van der Waals surface area contributed by atoms with Gasteiger partial charge in [-0.2, -0.15) is 0 Å². The molecule has 84 valence electrons. The molecule has 1 N–H and O–H groups in total. The second-order valence-corrected chi connectivity index (χ2v) is 4.49. The third-order valence-electron chi connectivity index (χ3n) is 3.09. The normalized spacial score (nSPS) is 18.1. The number of aromatic nitrogens is 3. The van der Waals surface area contributed by atoms with Crippen molar-refractivity contribution in [2.75, 3.05) is 13.1 Å². The molecule has 1 saturated heterocycles. The predicted molar refractivity (Wildman–Crippen MR) is 63.7 cm³/mol. The standard InChI is InChI=1S/C11H13ClN4/c12-10-7-14-9-3-6-16(11(9)15-10)8-1-4-13-5-2-8/h3,6-8,13H,1-2,4-5H2. The van der Waals surface area contributed by atoms with Gasteiger partial charge in [0.1, 0.15) is 10.7 Å². The number of hydrogen-bond acceptors (Lipinski definition) is 3. The molecule has 16 heavy (non-hydrogen) atoms. The van der Waals surface area contributed by atoms with Crippen molar-refractivity contribution < 1.29 is 0 Å². The van der Waals surface area contributed by atoms with Crippen molar-refractivity contribution in [2.24, 2.45) is 0 Å². The highest BCUT2D eigenvalue weighted by Gasteiger charge is 2.17. The molecule has 2 aromatic heterocycles. The summed E-state index contributed by atoms with van der Waals surface area (Å²) in [4.78, 5) is 8.62. The van der Waals surface area contributed by atoms with Crippen LogP contribution in [-0.2, 0) is 0 Å². The Kier molecular flexibility index (Phi) is 2.53. The van der Waals surface area contributed by atoms with Gasteiger partial charge in [0.2, 0.25) is 0 Å². The molecule has 0 aliphatic carbocycles. The lowest BCUT2D eigenvalue weighted by atomic mass is 10.1. The van der Waals surface area contributed by atoms with Gasteiger partial charge in [0.05, 0.1) is 6.20 Å². The largest absolute Gasteiger partial charge is 0.328 e. The van der Waals surface area contributed by atoms with Gasteiger partial charge in [-0.3, -0.25) is 0 Å². The lowest BCUT2D eigenvalue weighted by Gasteiger charge is -2.24. The van der Waals surface area contributed by atoms with Crippen LogP contribution in [0.25, 0.3) is 11.2 Å². The highest BCUT2D eigenvalue weighted by Crippen LogP contribution is 2.24. The van der Waals surface area contributed by atoms with Crippen molar-refractivity contribution in [2.45, 2.75) is 18.9 Å². The summed E-state index contributed by atoms with van der Waals surface area (Å²) in [5, 5.41) is 3.82. The number of rotatable bonds is 1. The van der Waals surface area contributed by atoms with Crippen LogP contribution >= 0.6 is 11.6 Å². The Bertz CT molecular complexity index is 502. The molecule has 0 radical (unpaired) electrons. The summed E-state index contributed by atoms with van der Waals surface area (Å²) in [5.74, 6) is 0. The van der Waals surface area contributed by atoms with Crippen molar-refractivity contribution >= 4 is 22.8 Å². The average Bonchev–Trinajstić information content (AvgIpc) is 2.73. The second kappa shape index (κ2) is 4.03. The molecular weight excluding hydrogens is 224 g/mol. The van der Waals surface area contributed by atoms with Gasteiger partial charge in [-0.05, 0) is 32.0 Å². The minimum absolute atomic E-state index is 0.460. The van der Waals surface area contributed by atoms with Gasteiger partial charge in [-0.1, -0.05) is 11.6 Å². The van der Waals surface area contributed by atoms with E-state index >= 15 is 0 Å². The number of halogens is 1. The third kappa shape index (κ3) is 1.68. The fourth-order valence-corrected chi connectivity index (χ4v) is 2.41. The van der Waals surface area contributed by atoms with E-state index in [0.717, 1.165) is 37.1 Å². The van der Waals surface area contributed by atoms with E-state index in [9.17, 15) is 0 Å². The van der Waals surface area contributed by atoms with Crippen molar-refractivity contribution in [3.05, 3.63) is 23.6 Å². The highest BCUT2D eigenvalue weighted by molar-refractivity contribution is 6.29. The summed E-state index contributed by atoms with van der Waals surface area (Å²) in [6.45, 7) is 2.14. The molecule has 1 fully saturated rings. The molecule has 3 rings (SSSR count). The second-order valence-electron chi connectivity index (χ2n) is 4.11. The predicted octanol–water partition coefficient (Wildman–Crippen LogP) is 2.01. The van der Waals surface area contributed by atoms with Crippen LogP contribution in [0.15, 0.2) is 18.5 Å². The Morgan fingerprint density at radius 1 is 1.38 bits per heavy atom. The number of hydrogen-bond donors (Lipinski definition) is 1. The maximum Gasteiger partial charge on any atom is 0.160 e. The van der Waals surface area contributed by atoms with Crippen molar-refractivity contribution in [3.63, 3.8) is 0 Å². The highest BCUT2D eigenvalue weighted by atomic mass is 35.5. The monoisotopic (exact) mass is 236 g/mol. The van der Waals surface area contributed by atoms with Gasteiger partial charge in [-0.15, -0.1) is 0 Å². The molecule has 0 aromatic carbocycles. The Morgan fingerprint density at radius 3 is 3.00 bits per heavy atom. The maximum absolute atomic E-state index is 5.89. The number of piperidine rings is 1. The van der Waals surface area contributed by atoms with Gasteiger partial charge in [0.15, 0.2) is 5.65 Å². The van der Waals surface area contributed by atoms with Gasteiger partial charge >= 0.3 is 0 Å². The van der Waals surface area contributed by atoms with E-state index < -0.39 is 0 Å². The van der Waals surface area contributed by atoms with E-state index in [1.54, 1.807) is 6.20 Å². The first-order valence-corrected chi connectivity index (χ1v) is 5.92. The summed E-state index contributed by atoms with van der Waals surface area (Å²) < 4.78 is 2.20. The molecule has 2 aromatic rings. The molecule has 3 heterocycles. The van der Waals surface area contributed by atoms with E-state index in [4.69, 9.17) is 11.6 Å². The van der Waals surface area contributed by atoms with Crippen molar-refractivity contribution in [1.82, 2.24) is 19.9 Å². The quantitative estimate of drug-likeness (QED) is 0.824. The van der Waals surface area contributed by atoms with Crippen LogP contribution in [0, 0.1) is 0 Å². The minimum atomic E-state index is 0.460. The third-order valence-corrected chi connectivity index (χ3v) is 3.27. The Hall–Kier alpha value is -1.13. The summed E-state index contributed by atoms with van der Waals surface area (Å²) >= 11 is 5.89. The fourth-order valence-electron chi connectivity index (χ4n) is 2.28. The Morgan fingerprint density at radius 2 is 2.19 bits per heavy atom. The topological polar surface area (TPSA) is 42.7 Å². The Balaban J connectivity index is 2.05. The molecule has 0 saturated carbocycles. The molecule has 5 heteroatoms. The van der Waals surface area contributed by atoms with E-state index in [2.05, 4.69) is 26.0 Å². The van der Waals surface area contributed by atoms with Crippen LogP contribution in [0.1, 0.15) is 18.9 Å². The van der Waals surface area contributed by atoms with Crippen LogP contribution in [-0.4, -0.2) is 27.6 Å². The number of fused-ring (bicyclic) bond motifs is 1. The van der Waals surface area contributed by atoms with Crippen LogP contribution < -0.4 is 5.32 Å². The lowest BCUT2D eigenvalue weighted by molar-refractivity contribution is 0.375. The maximum atomic E-state index is 5.89. The molecule has 0 unspecified atom stereocenters. The van der Waals surface area contributed by atoms with Crippen molar-refractivity contribution in [1.29, 1.82) is 0 Å². The zero-order valence-corrected chi connectivity index (χ0v) is 9.61. The molecule has 1 aliphatic rings. The van der Waals surface area contributed by atoms with Crippen LogP contribution in [0.5, 0.6) is 0 Å². The molecule has 1 aliphatic heterocycles. The lowest BCUT2D eigenvalue weighted by Crippen LogP contribution is -2.29. The first kappa shape index (κ1) is 10.1. The molecule has 0 spiro atoms. The molecular formula is C11H13ClN4. The van der Waals surface area contributed by atoms with Crippen LogP contribution in [0.3, 0.4) is 0 Å². The van der Waals surface area contributed by atoms with Crippen LogP contribution in [0.2, 0.25) is 5.15 Å². The van der Waals surface area contributed by atoms with Gasteiger partial charge in [0.25, 0.3) is 0 Å². The smallest absolute Gasteiger partial charge is 0.160 e. The minimum Gasteiger partial charge on any atom is -0.328 e. The molecule has 0 bridgehead atoms. The first-order chi connectivity index (χ1) is 7.84. The van der Waals surface area contributed by atoms with Crippen molar-refractivity contribution in [3.8, 4) is 0 Å². The molecule has 0 atom stereocenters. The van der Waals surface area contributed by atoms with E-state index in [1.165, 1.54) is 0 Å². The van der Waals surface area contributed by atoms with E-state index in [0.29, 0.717) is 11.2 Å². The molecule has 4 nitrogen and oxygen atoms in total. The molecule has 0 amide bonds. The van der Waals surface area contributed by atoms with E-state index in [1.807, 2.05) is 6.07 Å². The summed E-state index contributed by atoms with van der Waals surface area (Å²) in [7, 11) is 0. The van der Waals surface area contributed by atoms with Gasteiger partial charge in [0, 0.05) is 12.2 Å². The summed E-state index contributed by atoms with van der Waals surface area (Å²) in [5.41, 5.74) is 1.82. The zero-order valence-electron chi connectivity index (χ0n) is 8.86. The number of nitrogens with zero attached hydrogens (tertiary/aromatic N) is 3. The van der Waals surface area contributed by atoms with E-state index in [-0.39, 0.29) is 0 Å². The average molecular weight is 237 g/mol. The fraction of sp³-hybridized carbons (Fsp3) is 0.455. The van der Waals surface area contributed by atoms with Crippen LogP contribution in [0.4, 0.5) is 0 Å². The zero-order chi connectivity index (χ0) is 11.0.